The van der Waals surface area contributed by atoms with Crippen LogP contribution in [0.4, 0.5) is 0 Å². The van der Waals surface area contributed by atoms with Gasteiger partial charge in [0.05, 0.1) is 12.0 Å². The molecule has 0 radical (unpaired) electrons. The first-order chi connectivity index (χ1) is 15.6. The minimum Gasteiger partial charge on any atom is -0.462 e. The molecule has 2 saturated heterocycles. The van der Waals surface area contributed by atoms with Crippen LogP contribution in [-0.4, -0.2) is 72.0 Å². The number of aliphatic hydroxyl groups excluding tert-OH is 1. The second-order valence-electron chi connectivity index (χ2n) is 10.9. The first-order valence-corrected chi connectivity index (χ1v) is 12.6. The van der Waals surface area contributed by atoms with Crippen LogP contribution >= 0.6 is 0 Å². The summed E-state index contributed by atoms with van der Waals surface area (Å²) in [7, 11) is 0. The van der Waals surface area contributed by atoms with Crippen molar-refractivity contribution in [2.75, 3.05) is 19.6 Å². The summed E-state index contributed by atoms with van der Waals surface area (Å²) in [6, 6.07) is 0. The topological polar surface area (TPSA) is 102 Å². The third kappa shape index (κ3) is 4.53. The summed E-state index contributed by atoms with van der Waals surface area (Å²) in [5.41, 5.74) is -0.852. The van der Waals surface area contributed by atoms with E-state index in [4.69, 9.17) is 14.2 Å². The molecule has 0 aromatic rings. The van der Waals surface area contributed by atoms with Crippen LogP contribution in [0.5, 0.6) is 0 Å². The van der Waals surface area contributed by atoms with E-state index in [-0.39, 0.29) is 29.7 Å². The van der Waals surface area contributed by atoms with Gasteiger partial charge in [-0.3, -0.25) is 14.4 Å². The average molecular weight is 466 g/mol. The Balaban J connectivity index is 1.67. The number of esters is 3. The minimum atomic E-state index is -0.925. The normalized spacial score (nSPS) is 43.6. The highest BCUT2D eigenvalue weighted by Crippen LogP contribution is 2.59. The van der Waals surface area contributed by atoms with E-state index in [9.17, 15) is 19.5 Å². The smallest absolute Gasteiger partial charge is 0.311 e. The lowest BCUT2D eigenvalue weighted by atomic mass is 9.66. The molecule has 1 N–H and O–H groups in total. The first kappa shape index (κ1) is 24.5. The molecule has 2 aliphatic carbocycles. The molecule has 0 bridgehead atoms. The lowest BCUT2D eigenvalue weighted by molar-refractivity contribution is -0.165. The maximum Gasteiger partial charge on any atom is 0.311 e. The third-order valence-corrected chi connectivity index (χ3v) is 8.72. The van der Waals surface area contributed by atoms with E-state index in [0.717, 1.165) is 25.9 Å². The van der Waals surface area contributed by atoms with Crippen LogP contribution in [0.25, 0.3) is 0 Å². The van der Waals surface area contributed by atoms with Crippen LogP contribution < -0.4 is 0 Å². The van der Waals surface area contributed by atoms with Crippen LogP contribution in [0, 0.1) is 29.1 Å². The molecule has 33 heavy (non-hydrogen) atoms. The molecular weight excluding hydrogens is 426 g/mol. The number of rotatable bonds is 4. The number of carbonyl (C=O) groups excluding carboxylic acids is 3. The molecule has 8 heteroatoms. The van der Waals surface area contributed by atoms with Gasteiger partial charge in [0.25, 0.3) is 0 Å². The van der Waals surface area contributed by atoms with Crippen LogP contribution in [-0.2, 0) is 28.6 Å². The van der Waals surface area contributed by atoms with E-state index in [0.29, 0.717) is 19.4 Å². The van der Waals surface area contributed by atoms with E-state index in [1.807, 2.05) is 6.92 Å². The molecule has 0 aromatic carbocycles. The van der Waals surface area contributed by atoms with Crippen molar-refractivity contribution in [3.63, 3.8) is 0 Å². The molecule has 4 fully saturated rings. The number of fused-ring (bicyclic) bond motifs is 2. The second kappa shape index (κ2) is 9.53. The Morgan fingerprint density at radius 1 is 1.09 bits per heavy atom. The fourth-order valence-corrected chi connectivity index (χ4v) is 7.38. The number of carbonyl (C=O) groups is 3. The van der Waals surface area contributed by atoms with Crippen molar-refractivity contribution in [3.05, 3.63) is 0 Å². The van der Waals surface area contributed by atoms with Gasteiger partial charge in [-0.2, -0.15) is 0 Å². The van der Waals surface area contributed by atoms with Gasteiger partial charge in [0.1, 0.15) is 18.3 Å². The van der Waals surface area contributed by atoms with E-state index in [1.54, 1.807) is 0 Å². The highest BCUT2D eigenvalue weighted by molar-refractivity contribution is 5.76. The highest BCUT2D eigenvalue weighted by atomic mass is 16.6. The monoisotopic (exact) mass is 465 g/mol. The average Bonchev–Trinajstić information content (AvgIpc) is 2.99. The quantitative estimate of drug-likeness (QED) is 0.499. The molecule has 4 aliphatic rings. The SMILES string of the molecule is CC(=O)O[C@H]1C[C@H](OC(C)=O)[C@]2(C)[C@@H]1[C@H](C)C[C@@H]1OC(=O)[C@H](CN3CCCCCC3)[C@H]1[C@@H]2O. The molecule has 8 nitrogen and oxygen atoms in total. The summed E-state index contributed by atoms with van der Waals surface area (Å²) >= 11 is 0. The number of hydrogen-bond donors (Lipinski definition) is 1. The molecule has 0 aromatic heterocycles. The molecule has 4 rings (SSSR count). The van der Waals surface area contributed by atoms with Gasteiger partial charge in [0, 0.05) is 44.1 Å². The zero-order valence-corrected chi connectivity index (χ0v) is 20.3. The molecule has 2 heterocycles. The van der Waals surface area contributed by atoms with Gasteiger partial charge in [-0.15, -0.1) is 0 Å². The van der Waals surface area contributed by atoms with Gasteiger partial charge < -0.3 is 24.2 Å². The van der Waals surface area contributed by atoms with Gasteiger partial charge in [-0.1, -0.05) is 26.7 Å². The van der Waals surface area contributed by atoms with Crippen molar-refractivity contribution in [1.82, 2.24) is 4.90 Å². The van der Waals surface area contributed by atoms with Crippen molar-refractivity contribution < 1.29 is 33.7 Å². The third-order valence-electron chi connectivity index (χ3n) is 8.72. The van der Waals surface area contributed by atoms with Crippen LogP contribution in [0.15, 0.2) is 0 Å². The Labute approximate surface area is 196 Å². The standard InChI is InChI=1S/C25H39NO7/c1-14-11-18-21(17(24(30)33-18)13-26-9-7-5-6-8-10-26)23(29)25(4)20(32-16(3)28)12-19(22(14)25)31-15(2)27/h14,17-23,29H,5-13H2,1-4H3/t14-,17-,18+,19+,20+,21-,22-,23+,25-/m1/s1. The zero-order valence-electron chi connectivity index (χ0n) is 20.3. The first-order valence-electron chi connectivity index (χ1n) is 12.6. The number of aliphatic hydroxyl groups is 1. The molecule has 186 valence electrons. The lowest BCUT2D eigenvalue weighted by Crippen LogP contribution is -2.52. The Hall–Kier alpha value is -1.67. The summed E-state index contributed by atoms with van der Waals surface area (Å²) in [5.74, 6) is -2.05. The van der Waals surface area contributed by atoms with Crippen molar-refractivity contribution in [3.8, 4) is 0 Å². The Kier molecular flexibility index (Phi) is 7.06. The largest absolute Gasteiger partial charge is 0.462 e. The van der Waals surface area contributed by atoms with Gasteiger partial charge in [-0.25, -0.2) is 0 Å². The number of hydrogen-bond acceptors (Lipinski definition) is 8. The summed E-state index contributed by atoms with van der Waals surface area (Å²) in [5, 5.41) is 11.9. The molecule has 0 unspecified atom stereocenters. The van der Waals surface area contributed by atoms with Crippen molar-refractivity contribution in [2.24, 2.45) is 29.1 Å². The molecule has 2 saturated carbocycles. The van der Waals surface area contributed by atoms with Crippen LogP contribution in [0.1, 0.15) is 66.2 Å². The predicted molar refractivity (Wildman–Crippen MR) is 119 cm³/mol. The molecule has 2 aliphatic heterocycles. The summed E-state index contributed by atoms with van der Waals surface area (Å²) in [4.78, 5) is 39.2. The van der Waals surface area contributed by atoms with Gasteiger partial charge in [-0.05, 0) is 38.3 Å². The lowest BCUT2D eigenvalue weighted by Gasteiger charge is -2.43. The zero-order chi connectivity index (χ0) is 23.9. The van der Waals surface area contributed by atoms with Crippen LogP contribution in [0.3, 0.4) is 0 Å². The van der Waals surface area contributed by atoms with Crippen molar-refractivity contribution in [1.29, 1.82) is 0 Å². The van der Waals surface area contributed by atoms with Gasteiger partial charge in [0.2, 0.25) is 0 Å². The molecular formula is C25H39NO7. The van der Waals surface area contributed by atoms with E-state index in [2.05, 4.69) is 11.8 Å². The Bertz CT molecular complexity index is 764. The van der Waals surface area contributed by atoms with Gasteiger partial charge >= 0.3 is 17.9 Å². The maximum absolute atomic E-state index is 13.0. The summed E-state index contributed by atoms with van der Waals surface area (Å²) < 4.78 is 17.3. The molecule has 0 amide bonds. The number of likely N-dealkylation sites (tertiary alicyclic amines) is 1. The second-order valence-corrected chi connectivity index (χ2v) is 10.9. The van der Waals surface area contributed by atoms with E-state index < -0.39 is 41.7 Å². The van der Waals surface area contributed by atoms with E-state index >= 15 is 0 Å². The fourth-order valence-electron chi connectivity index (χ4n) is 7.38. The summed E-state index contributed by atoms with van der Waals surface area (Å²) in [6.07, 6.45) is 3.22. The predicted octanol–water partition coefficient (Wildman–Crippen LogP) is 2.31. The van der Waals surface area contributed by atoms with E-state index in [1.165, 1.54) is 26.7 Å². The summed E-state index contributed by atoms with van der Waals surface area (Å²) in [6.45, 7) is 9.22. The highest BCUT2D eigenvalue weighted by Gasteiger charge is 2.67. The van der Waals surface area contributed by atoms with Crippen molar-refractivity contribution >= 4 is 17.9 Å². The fraction of sp³-hybridized carbons (Fsp3) is 0.880. The van der Waals surface area contributed by atoms with Crippen molar-refractivity contribution in [2.45, 2.75) is 90.6 Å². The number of ether oxygens (including phenoxy) is 3. The molecule has 9 atom stereocenters. The Morgan fingerprint density at radius 2 is 1.73 bits per heavy atom. The number of nitrogens with zero attached hydrogens (tertiary/aromatic N) is 1. The Morgan fingerprint density at radius 3 is 2.33 bits per heavy atom. The molecule has 0 spiro atoms. The van der Waals surface area contributed by atoms with Crippen LogP contribution in [0.2, 0.25) is 0 Å². The minimum absolute atomic E-state index is 0.00861. The van der Waals surface area contributed by atoms with Gasteiger partial charge in [0.15, 0.2) is 0 Å². The maximum atomic E-state index is 13.0.